The van der Waals surface area contributed by atoms with Crippen LogP contribution in [0.15, 0.2) is 35.3 Å². The number of fused-ring (bicyclic) bond motifs is 1. The Kier molecular flexibility index (Phi) is 3.08. The van der Waals surface area contributed by atoms with Gasteiger partial charge in [-0.25, -0.2) is 4.98 Å². The number of aromatic nitrogens is 1. The highest BCUT2D eigenvalue weighted by molar-refractivity contribution is 5.97. The van der Waals surface area contributed by atoms with E-state index in [9.17, 15) is 5.11 Å². The zero-order chi connectivity index (χ0) is 15.1. The third kappa shape index (κ3) is 2.23. The number of aliphatic hydroxyl groups is 1. The van der Waals surface area contributed by atoms with E-state index in [0.29, 0.717) is 12.4 Å². The first kappa shape index (κ1) is 13.3. The molecule has 1 atom stereocenters. The molecule has 0 amide bonds. The molecule has 0 radical (unpaired) electrons. The van der Waals surface area contributed by atoms with E-state index in [1.54, 1.807) is 0 Å². The Hall–Kier alpha value is -2.40. The van der Waals surface area contributed by atoms with E-state index in [1.807, 2.05) is 18.4 Å². The molecule has 2 aromatic rings. The summed E-state index contributed by atoms with van der Waals surface area (Å²) in [6.45, 7) is 2.22. The molecule has 3 N–H and O–H groups in total. The van der Waals surface area contributed by atoms with E-state index in [1.165, 1.54) is 5.57 Å². The van der Waals surface area contributed by atoms with E-state index in [4.69, 9.17) is 5.73 Å². The van der Waals surface area contributed by atoms with Crippen molar-refractivity contribution in [2.75, 3.05) is 30.3 Å². The maximum Gasteiger partial charge on any atom is 0.126 e. The Morgan fingerprint density at radius 1 is 1.27 bits per heavy atom. The van der Waals surface area contributed by atoms with Crippen LogP contribution < -0.4 is 10.6 Å². The molecule has 0 spiro atoms. The van der Waals surface area contributed by atoms with Gasteiger partial charge in [-0.2, -0.15) is 0 Å². The molecule has 0 unspecified atom stereocenters. The van der Waals surface area contributed by atoms with Gasteiger partial charge < -0.3 is 15.7 Å². The van der Waals surface area contributed by atoms with Gasteiger partial charge in [-0.3, -0.25) is 4.99 Å². The van der Waals surface area contributed by atoms with E-state index in [0.717, 1.165) is 41.7 Å². The van der Waals surface area contributed by atoms with Crippen molar-refractivity contribution in [2.45, 2.75) is 12.5 Å². The van der Waals surface area contributed by atoms with Crippen LogP contribution in [-0.4, -0.2) is 42.0 Å². The van der Waals surface area contributed by atoms with Gasteiger partial charge in [0.05, 0.1) is 18.2 Å². The van der Waals surface area contributed by atoms with Crippen molar-refractivity contribution < 1.29 is 5.11 Å². The van der Waals surface area contributed by atoms with Crippen molar-refractivity contribution >= 4 is 34.2 Å². The minimum atomic E-state index is -0.260. The quantitative estimate of drug-likeness (QED) is 0.886. The van der Waals surface area contributed by atoms with Crippen LogP contribution in [0, 0.1) is 0 Å². The van der Waals surface area contributed by atoms with Crippen LogP contribution in [0.4, 0.5) is 11.5 Å². The molecule has 5 heteroatoms. The molecule has 3 heterocycles. The number of hydrogen-bond donors (Lipinski definition) is 2. The maximum absolute atomic E-state index is 9.78. The Bertz CT molecular complexity index is 797. The van der Waals surface area contributed by atoms with E-state index in [-0.39, 0.29) is 6.10 Å². The lowest BCUT2D eigenvalue weighted by atomic mass is 10.0. The molecule has 4 rings (SSSR count). The third-order valence-electron chi connectivity index (χ3n) is 4.33. The second kappa shape index (κ2) is 5.10. The van der Waals surface area contributed by atoms with E-state index >= 15 is 0 Å². The van der Waals surface area contributed by atoms with E-state index in [2.05, 4.69) is 33.1 Å². The van der Waals surface area contributed by atoms with Crippen molar-refractivity contribution in [1.82, 2.24) is 4.98 Å². The number of pyridine rings is 1. The fourth-order valence-corrected chi connectivity index (χ4v) is 3.19. The number of nitrogen functional groups attached to an aromatic ring is 1. The smallest absolute Gasteiger partial charge is 0.126 e. The van der Waals surface area contributed by atoms with Crippen LogP contribution in [0.2, 0.25) is 0 Å². The SMILES string of the molecule is Nc1cc(N2CC[C@@H](O)C2)c2ccc(C3=CC=NC3)cc2n1. The Labute approximate surface area is 128 Å². The summed E-state index contributed by atoms with van der Waals surface area (Å²) in [4.78, 5) is 10.9. The number of nitrogens with two attached hydrogens (primary N) is 1. The second-order valence-corrected chi connectivity index (χ2v) is 5.87. The minimum absolute atomic E-state index is 0.260. The molecule has 2 aliphatic rings. The number of aliphatic imine (C=N–C) groups is 1. The van der Waals surface area contributed by atoms with Crippen LogP contribution in [-0.2, 0) is 0 Å². The molecule has 112 valence electrons. The van der Waals surface area contributed by atoms with Gasteiger partial charge in [-0.05, 0) is 29.7 Å². The number of anilines is 2. The molecule has 1 saturated heterocycles. The zero-order valence-electron chi connectivity index (χ0n) is 12.2. The summed E-state index contributed by atoms with van der Waals surface area (Å²) in [6, 6.07) is 8.17. The van der Waals surface area contributed by atoms with Crippen molar-refractivity contribution in [3.05, 3.63) is 35.9 Å². The molecule has 22 heavy (non-hydrogen) atoms. The molecular formula is C17H18N4O. The average Bonchev–Trinajstić information content (AvgIpc) is 3.17. The van der Waals surface area contributed by atoms with Crippen LogP contribution in [0.1, 0.15) is 12.0 Å². The first-order chi connectivity index (χ1) is 10.7. The molecule has 0 saturated carbocycles. The van der Waals surface area contributed by atoms with Crippen LogP contribution in [0.3, 0.4) is 0 Å². The lowest BCUT2D eigenvalue weighted by Gasteiger charge is -2.20. The normalized spacial score (nSPS) is 20.9. The number of β-amino-alcohol motifs (C(OH)–C–C–N with tert-alkyl or cyclic N) is 1. The monoisotopic (exact) mass is 294 g/mol. The number of allylic oxidation sites excluding steroid dienone is 1. The van der Waals surface area contributed by atoms with Crippen molar-refractivity contribution in [2.24, 2.45) is 4.99 Å². The summed E-state index contributed by atoms with van der Waals surface area (Å²) in [7, 11) is 0. The van der Waals surface area contributed by atoms with E-state index < -0.39 is 0 Å². The predicted octanol–water partition coefficient (Wildman–Crippen LogP) is 1.86. The number of nitrogens with zero attached hydrogens (tertiary/aromatic N) is 3. The largest absolute Gasteiger partial charge is 0.391 e. The van der Waals surface area contributed by atoms with Gasteiger partial charge in [0.25, 0.3) is 0 Å². The molecule has 1 aromatic carbocycles. The van der Waals surface area contributed by atoms with Gasteiger partial charge in [-0.15, -0.1) is 0 Å². The van der Waals surface area contributed by atoms with Gasteiger partial charge in [0.15, 0.2) is 0 Å². The highest BCUT2D eigenvalue weighted by atomic mass is 16.3. The molecule has 0 bridgehead atoms. The minimum Gasteiger partial charge on any atom is -0.391 e. The summed E-state index contributed by atoms with van der Waals surface area (Å²) in [6.07, 6.45) is 4.41. The van der Waals surface area contributed by atoms with Gasteiger partial charge in [0, 0.05) is 36.4 Å². The number of benzene rings is 1. The van der Waals surface area contributed by atoms with Gasteiger partial charge in [0.2, 0.25) is 0 Å². The Balaban J connectivity index is 1.81. The summed E-state index contributed by atoms with van der Waals surface area (Å²) in [5.74, 6) is 0.512. The molecule has 1 aromatic heterocycles. The fraction of sp³-hybridized carbons (Fsp3) is 0.294. The Morgan fingerprint density at radius 3 is 2.91 bits per heavy atom. The molecule has 0 aliphatic carbocycles. The highest BCUT2D eigenvalue weighted by Crippen LogP contribution is 2.32. The molecule has 5 nitrogen and oxygen atoms in total. The summed E-state index contributed by atoms with van der Waals surface area (Å²) < 4.78 is 0. The molecular weight excluding hydrogens is 276 g/mol. The average molecular weight is 294 g/mol. The Morgan fingerprint density at radius 2 is 2.18 bits per heavy atom. The molecule has 1 fully saturated rings. The van der Waals surface area contributed by atoms with Crippen LogP contribution in [0.25, 0.3) is 16.5 Å². The first-order valence-electron chi connectivity index (χ1n) is 7.53. The summed E-state index contributed by atoms with van der Waals surface area (Å²) in [5, 5.41) is 10.9. The maximum atomic E-state index is 9.78. The number of rotatable bonds is 2. The summed E-state index contributed by atoms with van der Waals surface area (Å²) >= 11 is 0. The third-order valence-corrected chi connectivity index (χ3v) is 4.33. The van der Waals surface area contributed by atoms with Gasteiger partial charge >= 0.3 is 0 Å². The van der Waals surface area contributed by atoms with Crippen molar-refractivity contribution in [3.63, 3.8) is 0 Å². The van der Waals surface area contributed by atoms with Crippen molar-refractivity contribution in [3.8, 4) is 0 Å². The van der Waals surface area contributed by atoms with Crippen LogP contribution in [0.5, 0.6) is 0 Å². The molecule has 2 aliphatic heterocycles. The zero-order valence-corrected chi connectivity index (χ0v) is 12.2. The number of hydrogen-bond acceptors (Lipinski definition) is 5. The topological polar surface area (TPSA) is 74.7 Å². The van der Waals surface area contributed by atoms with Crippen molar-refractivity contribution in [1.29, 1.82) is 0 Å². The highest BCUT2D eigenvalue weighted by Gasteiger charge is 2.22. The second-order valence-electron chi connectivity index (χ2n) is 5.87. The summed E-state index contributed by atoms with van der Waals surface area (Å²) in [5.41, 5.74) is 10.3. The fourth-order valence-electron chi connectivity index (χ4n) is 3.19. The lowest BCUT2D eigenvalue weighted by molar-refractivity contribution is 0.198. The van der Waals surface area contributed by atoms with Crippen LogP contribution >= 0.6 is 0 Å². The number of aliphatic hydroxyl groups excluding tert-OH is 1. The first-order valence-corrected chi connectivity index (χ1v) is 7.53. The van der Waals surface area contributed by atoms with Gasteiger partial charge in [0.1, 0.15) is 5.82 Å². The predicted molar refractivity (Wildman–Crippen MR) is 90.3 cm³/mol. The standard InChI is InChI=1S/C17H18N4O/c18-17-8-16(21-6-4-13(22)10-21)14-2-1-11(7-15(14)20-17)12-3-5-19-9-12/h1-3,5,7-8,13,22H,4,6,9-10H2,(H2,18,20)/t13-/m1/s1. The lowest BCUT2D eigenvalue weighted by Crippen LogP contribution is -2.21. The van der Waals surface area contributed by atoms with Gasteiger partial charge in [-0.1, -0.05) is 12.1 Å².